The van der Waals surface area contributed by atoms with Crippen molar-refractivity contribution in [3.63, 3.8) is 0 Å². The molecule has 2 saturated carbocycles. The van der Waals surface area contributed by atoms with Crippen LogP contribution in [0.5, 0.6) is 5.75 Å². The highest BCUT2D eigenvalue weighted by Crippen LogP contribution is 2.67. The largest absolute Gasteiger partial charge is 0.496 e. The third-order valence-corrected chi connectivity index (χ3v) is 6.99. The monoisotopic (exact) mass is 444 g/mol. The van der Waals surface area contributed by atoms with Crippen molar-refractivity contribution in [1.29, 1.82) is 0 Å². The summed E-state index contributed by atoms with van der Waals surface area (Å²) in [6, 6.07) is 9.75. The molecule has 4 N–H and O–H groups in total. The van der Waals surface area contributed by atoms with E-state index >= 15 is 0 Å². The fourth-order valence-electron chi connectivity index (χ4n) is 5.68. The van der Waals surface area contributed by atoms with Crippen molar-refractivity contribution in [2.45, 2.75) is 41.3 Å². The number of methoxy groups -OCH3 is 1. The van der Waals surface area contributed by atoms with Crippen LogP contribution >= 0.6 is 0 Å². The van der Waals surface area contributed by atoms with Crippen LogP contribution in [0.25, 0.3) is 0 Å². The third kappa shape index (κ3) is 2.29. The van der Waals surface area contributed by atoms with Crippen LogP contribution in [0.3, 0.4) is 0 Å². The van der Waals surface area contributed by atoms with E-state index < -0.39 is 64.6 Å². The Hall–Kier alpha value is -3.05. The lowest BCUT2D eigenvalue weighted by Crippen LogP contribution is -2.69. The van der Waals surface area contributed by atoms with E-state index in [1.165, 1.54) is 25.3 Å². The lowest BCUT2D eigenvalue weighted by atomic mass is 9.65. The average Bonchev–Trinajstić information content (AvgIpc) is 2.87. The Kier molecular flexibility index (Phi) is 4.22. The van der Waals surface area contributed by atoms with Gasteiger partial charge in [0.1, 0.15) is 34.9 Å². The molecule has 0 spiro atoms. The number of esters is 1. The fraction of sp³-hybridized carbons (Fsp3) is 0.409. The van der Waals surface area contributed by atoms with Gasteiger partial charge in [-0.1, -0.05) is 30.3 Å². The van der Waals surface area contributed by atoms with Gasteiger partial charge < -0.3 is 34.3 Å². The smallest absolute Gasteiger partial charge is 0.342 e. The Morgan fingerprint density at radius 2 is 1.81 bits per heavy atom. The van der Waals surface area contributed by atoms with Crippen molar-refractivity contribution >= 4 is 11.8 Å². The molecule has 1 aromatic heterocycles. The van der Waals surface area contributed by atoms with Crippen LogP contribution in [0.15, 0.2) is 51.7 Å². The van der Waals surface area contributed by atoms with Crippen molar-refractivity contribution in [1.82, 2.24) is 0 Å². The average molecular weight is 444 g/mol. The van der Waals surface area contributed by atoms with Gasteiger partial charge >= 0.3 is 11.6 Å². The predicted octanol–water partition coefficient (Wildman–Crippen LogP) is -0.872. The number of ketones is 1. The quantitative estimate of drug-likeness (QED) is 0.344. The molecule has 1 saturated heterocycles. The van der Waals surface area contributed by atoms with Gasteiger partial charge in [0.2, 0.25) is 5.60 Å². The number of hydrogen-bond donors (Lipinski definition) is 4. The van der Waals surface area contributed by atoms with Gasteiger partial charge in [0, 0.05) is 18.1 Å². The highest BCUT2D eigenvalue weighted by atomic mass is 16.6. The van der Waals surface area contributed by atoms with Crippen molar-refractivity contribution in [3.05, 3.63) is 64.2 Å². The molecule has 168 valence electrons. The van der Waals surface area contributed by atoms with Crippen LogP contribution in [0.1, 0.15) is 28.5 Å². The molecule has 3 bridgehead atoms. The molecule has 0 amide bonds. The number of carbonyl (C=O) groups is 2. The summed E-state index contributed by atoms with van der Waals surface area (Å²) in [5.74, 6) is -6.31. The van der Waals surface area contributed by atoms with E-state index in [9.17, 15) is 34.8 Å². The molecule has 1 aromatic carbocycles. The summed E-state index contributed by atoms with van der Waals surface area (Å²) in [7, 11) is 1.28. The Bertz CT molecular complexity index is 1170. The second kappa shape index (κ2) is 6.48. The van der Waals surface area contributed by atoms with Crippen molar-refractivity contribution in [2.24, 2.45) is 5.92 Å². The van der Waals surface area contributed by atoms with Crippen LogP contribution in [-0.4, -0.2) is 68.3 Å². The fourth-order valence-corrected chi connectivity index (χ4v) is 5.68. The second-order valence-corrected chi connectivity index (χ2v) is 8.49. The van der Waals surface area contributed by atoms with E-state index in [0.717, 1.165) is 6.07 Å². The second-order valence-electron chi connectivity index (χ2n) is 8.49. The van der Waals surface area contributed by atoms with Crippen LogP contribution < -0.4 is 10.4 Å². The molecule has 10 heteroatoms. The minimum absolute atomic E-state index is 0.0218. The number of aliphatic hydroxyl groups excluding tert-OH is 1. The minimum atomic E-state index is -2.92. The number of benzene rings is 1. The Morgan fingerprint density at radius 3 is 2.47 bits per heavy atom. The molecule has 0 radical (unpaired) electrons. The van der Waals surface area contributed by atoms with Crippen molar-refractivity contribution in [3.8, 4) is 5.75 Å². The minimum Gasteiger partial charge on any atom is -0.496 e. The third-order valence-electron chi connectivity index (χ3n) is 6.99. The van der Waals surface area contributed by atoms with E-state index in [1.807, 2.05) is 0 Å². The van der Waals surface area contributed by atoms with Crippen LogP contribution in [0.2, 0.25) is 0 Å². The zero-order valence-electron chi connectivity index (χ0n) is 16.8. The number of hydrogen-bond acceptors (Lipinski definition) is 10. The molecule has 2 heterocycles. The van der Waals surface area contributed by atoms with Crippen LogP contribution in [0, 0.1) is 5.92 Å². The number of ether oxygens (including phenoxy) is 2. The molecule has 0 unspecified atom stereocenters. The summed E-state index contributed by atoms with van der Waals surface area (Å²) in [6.07, 6.45) is -3.76. The molecule has 10 nitrogen and oxygen atoms in total. The summed E-state index contributed by atoms with van der Waals surface area (Å²) < 4.78 is 15.4. The standard InChI is InChI=1S/C22H20O10/c1-30-11-7-12(31-14(23)8-11)16-20(27)9-13-18(25)21(16,28)17(22(20,29)19(26)32-13)15(24)10-5-3-2-4-6-10/h2-8,13,16-18,25,27-29H,9H2,1H3/t13-,16+,17+,18-,20+,21+,22-/m1/s1. The first kappa shape index (κ1) is 20.8. The molecule has 3 aliphatic rings. The normalized spacial score (nSPS) is 39.6. The number of Topliss-reactive ketones (excluding diaryl/α,β-unsaturated/α-hetero) is 1. The van der Waals surface area contributed by atoms with E-state index in [2.05, 4.69) is 0 Å². The molecule has 7 atom stereocenters. The Morgan fingerprint density at radius 1 is 1.12 bits per heavy atom. The lowest BCUT2D eigenvalue weighted by molar-refractivity contribution is -0.252. The molecular formula is C22H20O10. The van der Waals surface area contributed by atoms with Crippen molar-refractivity contribution in [2.75, 3.05) is 7.11 Å². The van der Waals surface area contributed by atoms with E-state index in [0.29, 0.717) is 0 Å². The van der Waals surface area contributed by atoms with Gasteiger partial charge in [0.15, 0.2) is 5.78 Å². The van der Waals surface area contributed by atoms with E-state index in [-0.39, 0.29) is 17.1 Å². The summed E-state index contributed by atoms with van der Waals surface area (Å²) in [5, 5.41) is 46.1. The van der Waals surface area contributed by atoms with Crippen LogP contribution in [0.4, 0.5) is 0 Å². The highest BCUT2D eigenvalue weighted by molar-refractivity contribution is 6.05. The van der Waals surface area contributed by atoms with Gasteiger partial charge in [-0.3, -0.25) is 4.79 Å². The summed E-state index contributed by atoms with van der Waals surface area (Å²) in [5.41, 5.74) is -8.89. The summed E-state index contributed by atoms with van der Waals surface area (Å²) in [6.45, 7) is 0. The molecule has 32 heavy (non-hydrogen) atoms. The topological polar surface area (TPSA) is 164 Å². The molecule has 2 aliphatic carbocycles. The number of fused-ring (bicyclic) bond motifs is 2. The maximum atomic E-state index is 13.5. The predicted molar refractivity (Wildman–Crippen MR) is 104 cm³/mol. The van der Waals surface area contributed by atoms with Gasteiger partial charge in [-0.25, -0.2) is 9.59 Å². The van der Waals surface area contributed by atoms with Gasteiger partial charge in [-0.05, 0) is 0 Å². The number of rotatable bonds is 4. The van der Waals surface area contributed by atoms with Gasteiger partial charge in [-0.2, -0.15) is 0 Å². The summed E-state index contributed by atoms with van der Waals surface area (Å²) in [4.78, 5) is 38.5. The Labute approximate surface area is 180 Å². The maximum absolute atomic E-state index is 13.5. The van der Waals surface area contributed by atoms with Gasteiger partial charge in [-0.15, -0.1) is 0 Å². The first-order chi connectivity index (χ1) is 15.1. The maximum Gasteiger partial charge on any atom is 0.342 e. The number of aliphatic hydroxyl groups is 4. The molecule has 5 rings (SSSR count). The van der Waals surface area contributed by atoms with Gasteiger partial charge in [0.05, 0.1) is 25.0 Å². The molecular weight excluding hydrogens is 424 g/mol. The first-order valence-corrected chi connectivity index (χ1v) is 9.93. The first-order valence-electron chi connectivity index (χ1n) is 9.93. The number of carbonyl (C=O) groups excluding carboxylic acids is 2. The van der Waals surface area contributed by atoms with E-state index in [4.69, 9.17) is 13.9 Å². The zero-order chi connectivity index (χ0) is 23.1. The molecule has 3 fully saturated rings. The zero-order valence-corrected chi connectivity index (χ0v) is 16.8. The highest BCUT2D eigenvalue weighted by Gasteiger charge is 2.88. The lowest BCUT2D eigenvalue weighted by Gasteiger charge is -2.50. The molecule has 2 aromatic rings. The van der Waals surface area contributed by atoms with Gasteiger partial charge in [0.25, 0.3) is 0 Å². The van der Waals surface area contributed by atoms with Crippen molar-refractivity contribution < 1.29 is 43.9 Å². The molecule has 1 aliphatic heterocycles. The van der Waals surface area contributed by atoms with E-state index in [1.54, 1.807) is 18.2 Å². The Balaban J connectivity index is 1.80. The van der Waals surface area contributed by atoms with Crippen LogP contribution in [-0.2, 0) is 9.53 Å². The SMILES string of the molecule is COc1cc([C@@H]2[C@@]3(O)[C@H](O)[C@H]4C[C@@]2(O)[C@](O)(C(=O)O4)[C@H]3C(=O)c2ccccc2)oc(=O)c1. The summed E-state index contributed by atoms with van der Waals surface area (Å²) >= 11 is 0.